The van der Waals surface area contributed by atoms with E-state index in [2.05, 4.69) is 32.5 Å². The summed E-state index contributed by atoms with van der Waals surface area (Å²) < 4.78 is 3.82. The van der Waals surface area contributed by atoms with Crippen LogP contribution in [0.3, 0.4) is 0 Å². The normalized spacial score (nSPS) is 12.3. The Labute approximate surface area is 146 Å². The SMILES string of the molecule is Cc1nn(C)c(C)c1-c1cc(C(=O)NC[C@H](C)Cn2ccnc2)[nH]n1. The molecule has 3 heterocycles. The predicted octanol–water partition coefficient (Wildman–Crippen LogP) is 1.69. The van der Waals surface area contributed by atoms with Crippen LogP contribution in [0.1, 0.15) is 28.8 Å². The molecule has 0 radical (unpaired) electrons. The molecule has 3 aromatic heterocycles. The third-order valence-corrected chi connectivity index (χ3v) is 4.28. The summed E-state index contributed by atoms with van der Waals surface area (Å²) >= 11 is 0. The molecule has 3 rings (SSSR count). The zero-order valence-electron chi connectivity index (χ0n) is 14.9. The smallest absolute Gasteiger partial charge is 0.269 e. The summed E-state index contributed by atoms with van der Waals surface area (Å²) in [6.07, 6.45) is 5.44. The molecule has 8 nitrogen and oxygen atoms in total. The lowest BCUT2D eigenvalue weighted by Gasteiger charge is -2.12. The maximum Gasteiger partial charge on any atom is 0.269 e. The second-order valence-electron chi connectivity index (χ2n) is 6.41. The van der Waals surface area contributed by atoms with E-state index in [4.69, 9.17) is 0 Å². The molecule has 132 valence electrons. The highest BCUT2D eigenvalue weighted by atomic mass is 16.1. The molecule has 0 aliphatic rings. The van der Waals surface area contributed by atoms with Gasteiger partial charge in [-0.2, -0.15) is 10.2 Å². The molecule has 1 amide bonds. The van der Waals surface area contributed by atoms with Crippen LogP contribution < -0.4 is 5.32 Å². The third kappa shape index (κ3) is 3.62. The second-order valence-corrected chi connectivity index (χ2v) is 6.41. The molecule has 0 saturated carbocycles. The predicted molar refractivity (Wildman–Crippen MR) is 94.0 cm³/mol. The molecular formula is C17H23N7O. The molecule has 2 N–H and O–H groups in total. The first-order valence-corrected chi connectivity index (χ1v) is 8.25. The van der Waals surface area contributed by atoms with Gasteiger partial charge in [0, 0.05) is 43.8 Å². The summed E-state index contributed by atoms with van der Waals surface area (Å²) in [6, 6.07) is 1.77. The van der Waals surface area contributed by atoms with Crippen LogP contribution in [0.5, 0.6) is 0 Å². The van der Waals surface area contributed by atoms with Crippen molar-refractivity contribution in [3.8, 4) is 11.3 Å². The molecule has 0 aliphatic heterocycles. The van der Waals surface area contributed by atoms with Crippen LogP contribution in [0, 0.1) is 19.8 Å². The summed E-state index contributed by atoms with van der Waals surface area (Å²) in [5, 5.41) is 14.4. The minimum atomic E-state index is -0.157. The summed E-state index contributed by atoms with van der Waals surface area (Å²) in [6.45, 7) is 7.40. The lowest BCUT2D eigenvalue weighted by molar-refractivity contribution is 0.0942. The number of aromatic nitrogens is 6. The van der Waals surface area contributed by atoms with Gasteiger partial charge < -0.3 is 9.88 Å². The number of rotatable bonds is 6. The highest BCUT2D eigenvalue weighted by Crippen LogP contribution is 2.25. The van der Waals surface area contributed by atoms with E-state index in [-0.39, 0.29) is 5.91 Å². The van der Waals surface area contributed by atoms with Crippen LogP contribution >= 0.6 is 0 Å². The number of amides is 1. The maximum atomic E-state index is 12.3. The second kappa shape index (κ2) is 6.92. The van der Waals surface area contributed by atoms with Gasteiger partial charge in [-0.1, -0.05) is 6.92 Å². The van der Waals surface area contributed by atoms with Crippen molar-refractivity contribution in [2.24, 2.45) is 13.0 Å². The Morgan fingerprint density at radius 3 is 2.84 bits per heavy atom. The highest BCUT2D eigenvalue weighted by Gasteiger charge is 2.17. The highest BCUT2D eigenvalue weighted by molar-refractivity contribution is 5.93. The van der Waals surface area contributed by atoms with E-state index in [1.165, 1.54) is 0 Å². The lowest BCUT2D eigenvalue weighted by atomic mass is 10.1. The number of imidazole rings is 1. The first kappa shape index (κ1) is 16.9. The Balaban J connectivity index is 1.63. The number of nitrogens with zero attached hydrogens (tertiary/aromatic N) is 5. The van der Waals surface area contributed by atoms with Crippen molar-refractivity contribution in [3.63, 3.8) is 0 Å². The van der Waals surface area contributed by atoms with Gasteiger partial charge in [0.1, 0.15) is 5.69 Å². The van der Waals surface area contributed by atoms with Gasteiger partial charge in [-0.25, -0.2) is 4.98 Å². The number of hydrogen-bond donors (Lipinski definition) is 2. The standard InChI is InChI=1S/C17H23N7O/c1-11(9-24-6-5-18-10-24)8-19-17(25)15-7-14(20-21-15)16-12(2)22-23(4)13(16)3/h5-7,10-11H,8-9H2,1-4H3,(H,19,25)(H,20,21)/t11-/m0/s1. The van der Waals surface area contributed by atoms with Crippen LogP contribution in [0.2, 0.25) is 0 Å². The largest absolute Gasteiger partial charge is 0.350 e. The van der Waals surface area contributed by atoms with Crippen LogP contribution in [-0.4, -0.2) is 42.0 Å². The Kier molecular flexibility index (Phi) is 4.69. The van der Waals surface area contributed by atoms with Crippen molar-refractivity contribution >= 4 is 5.91 Å². The Morgan fingerprint density at radius 1 is 1.40 bits per heavy atom. The molecule has 1 atom stereocenters. The number of hydrogen-bond acceptors (Lipinski definition) is 4. The van der Waals surface area contributed by atoms with Gasteiger partial charge in [-0.3, -0.25) is 14.6 Å². The van der Waals surface area contributed by atoms with E-state index >= 15 is 0 Å². The van der Waals surface area contributed by atoms with Crippen LogP contribution in [0.15, 0.2) is 24.8 Å². The van der Waals surface area contributed by atoms with Crippen LogP contribution in [0.25, 0.3) is 11.3 Å². The summed E-state index contributed by atoms with van der Waals surface area (Å²) in [5.41, 5.74) is 4.07. The first-order valence-electron chi connectivity index (χ1n) is 8.25. The number of aromatic amines is 1. The zero-order valence-corrected chi connectivity index (χ0v) is 14.9. The average Bonchev–Trinajstić information content (AvgIpc) is 3.28. The molecule has 0 fully saturated rings. The first-order chi connectivity index (χ1) is 12.0. The quantitative estimate of drug-likeness (QED) is 0.713. The van der Waals surface area contributed by atoms with Crippen molar-refractivity contribution in [3.05, 3.63) is 41.9 Å². The van der Waals surface area contributed by atoms with Gasteiger partial charge in [0.25, 0.3) is 5.91 Å². The van der Waals surface area contributed by atoms with Crippen molar-refractivity contribution in [2.75, 3.05) is 6.54 Å². The number of carbonyl (C=O) groups excluding carboxylic acids is 1. The summed E-state index contributed by atoms with van der Waals surface area (Å²) in [7, 11) is 1.90. The molecule has 0 unspecified atom stereocenters. The fourth-order valence-electron chi connectivity index (χ4n) is 2.89. The maximum absolute atomic E-state index is 12.3. The van der Waals surface area contributed by atoms with Crippen LogP contribution in [-0.2, 0) is 13.6 Å². The van der Waals surface area contributed by atoms with Crippen molar-refractivity contribution in [2.45, 2.75) is 27.3 Å². The number of carbonyl (C=O) groups is 1. The molecular weight excluding hydrogens is 318 g/mol. The van der Waals surface area contributed by atoms with Gasteiger partial charge in [0.05, 0.1) is 17.7 Å². The third-order valence-electron chi connectivity index (χ3n) is 4.28. The van der Waals surface area contributed by atoms with Gasteiger partial charge in [0.2, 0.25) is 0 Å². The number of H-pyrrole nitrogens is 1. The molecule has 0 bridgehead atoms. The van der Waals surface area contributed by atoms with Crippen molar-refractivity contribution in [1.82, 2.24) is 34.8 Å². The lowest BCUT2D eigenvalue weighted by Crippen LogP contribution is -2.30. The minimum Gasteiger partial charge on any atom is -0.350 e. The molecule has 8 heteroatoms. The van der Waals surface area contributed by atoms with Gasteiger partial charge in [-0.15, -0.1) is 0 Å². The zero-order chi connectivity index (χ0) is 18.0. The van der Waals surface area contributed by atoms with E-state index in [9.17, 15) is 4.79 Å². The Morgan fingerprint density at radius 2 is 2.20 bits per heavy atom. The van der Waals surface area contributed by atoms with E-state index in [1.807, 2.05) is 36.3 Å². The van der Waals surface area contributed by atoms with Gasteiger partial charge >= 0.3 is 0 Å². The van der Waals surface area contributed by atoms with Crippen LogP contribution in [0.4, 0.5) is 0 Å². The van der Waals surface area contributed by atoms with Crippen molar-refractivity contribution < 1.29 is 4.79 Å². The molecule has 0 spiro atoms. The molecule has 25 heavy (non-hydrogen) atoms. The molecule has 0 aromatic carbocycles. The van der Waals surface area contributed by atoms with E-state index in [0.717, 1.165) is 29.2 Å². The van der Waals surface area contributed by atoms with Gasteiger partial charge in [0.15, 0.2) is 0 Å². The van der Waals surface area contributed by atoms with E-state index in [0.29, 0.717) is 18.2 Å². The monoisotopic (exact) mass is 341 g/mol. The fourth-order valence-corrected chi connectivity index (χ4v) is 2.89. The number of nitrogens with one attached hydrogen (secondary N) is 2. The Hall–Kier alpha value is -2.90. The minimum absolute atomic E-state index is 0.157. The van der Waals surface area contributed by atoms with Crippen molar-refractivity contribution in [1.29, 1.82) is 0 Å². The number of aryl methyl sites for hydroxylation is 2. The fraction of sp³-hybridized carbons (Fsp3) is 0.412. The average molecular weight is 341 g/mol. The van der Waals surface area contributed by atoms with Gasteiger partial charge in [-0.05, 0) is 25.8 Å². The molecule has 0 saturated heterocycles. The topological polar surface area (TPSA) is 93.4 Å². The molecule has 3 aromatic rings. The summed E-state index contributed by atoms with van der Waals surface area (Å²) in [5.74, 6) is 0.138. The molecule has 0 aliphatic carbocycles. The summed E-state index contributed by atoms with van der Waals surface area (Å²) in [4.78, 5) is 16.4. The Bertz CT molecular complexity index is 860. The van der Waals surface area contributed by atoms with E-state index in [1.54, 1.807) is 18.6 Å². The van der Waals surface area contributed by atoms with E-state index < -0.39 is 0 Å².